The third-order valence-electron chi connectivity index (χ3n) is 3.17. The highest BCUT2D eigenvalue weighted by Crippen LogP contribution is 2.25. The molecule has 1 atom stereocenters. The lowest BCUT2D eigenvalue weighted by molar-refractivity contribution is -0.141. The molecule has 8 heteroatoms. The molecule has 1 unspecified atom stereocenters. The topological polar surface area (TPSA) is 91.3 Å². The third-order valence-corrected chi connectivity index (χ3v) is 3.91. The van der Waals surface area contributed by atoms with E-state index in [-0.39, 0.29) is 6.42 Å². The highest BCUT2D eigenvalue weighted by molar-refractivity contribution is 6.42. The van der Waals surface area contributed by atoms with Crippen molar-refractivity contribution in [1.82, 2.24) is 10.3 Å². The normalized spacial score (nSPS) is 11.8. The number of pyridine rings is 1. The van der Waals surface area contributed by atoms with Gasteiger partial charge in [-0.15, -0.1) is 0 Å². The molecule has 0 radical (unpaired) electrons. The maximum Gasteiger partial charge on any atom is 0.321 e. The molecule has 126 valence electrons. The second-order valence-electron chi connectivity index (χ2n) is 5.01. The minimum absolute atomic E-state index is 0.226. The SMILES string of the molecule is O=C(CC(NCc1cccnc1)C(=O)O)Nc1ccc(Cl)c(Cl)c1. The molecular weight excluding hydrogens is 353 g/mol. The van der Waals surface area contributed by atoms with Gasteiger partial charge in [0.1, 0.15) is 6.04 Å². The third kappa shape index (κ3) is 5.49. The number of anilines is 1. The molecule has 2 rings (SSSR count). The van der Waals surface area contributed by atoms with E-state index in [0.29, 0.717) is 22.3 Å². The second kappa shape index (κ2) is 8.63. The van der Waals surface area contributed by atoms with Crippen LogP contribution in [0.4, 0.5) is 5.69 Å². The summed E-state index contributed by atoms with van der Waals surface area (Å²) in [5.74, 6) is -1.55. The van der Waals surface area contributed by atoms with Crippen molar-refractivity contribution in [2.45, 2.75) is 19.0 Å². The molecular formula is C16H15Cl2N3O3. The predicted octanol–water partition coefficient (Wildman–Crippen LogP) is 2.96. The average molecular weight is 368 g/mol. The van der Waals surface area contributed by atoms with Gasteiger partial charge in [0.05, 0.1) is 16.5 Å². The molecule has 0 bridgehead atoms. The van der Waals surface area contributed by atoms with Crippen LogP contribution in [0.1, 0.15) is 12.0 Å². The van der Waals surface area contributed by atoms with Crippen molar-refractivity contribution in [3.63, 3.8) is 0 Å². The first kappa shape index (κ1) is 18.2. The van der Waals surface area contributed by atoms with Gasteiger partial charge in [-0.2, -0.15) is 0 Å². The van der Waals surface area contributed by atoms with Crippen molar-refractivity contribution in [1.29, 1.82) is 0 Å². The zero-order valence-electron chi connectivity index (χ0n) is 12.5. The van der Waals surface area contributed by atoms with E-state index in [1.165, 1.54) is 6.07 Å². The van der Waals surface area contributed by atoms with E-state index in [2.05, 4.69) is 15.6 Å². The molecule has 0 aliphatic rings. The Hall–Kier alpha value is -2.15. The van der Waals surface area contributed by atoms with Crippen LogP contribution in [0.3, 0.4) is 0 Å². The van der Waals surface area contributed by atoms with Crippen LogP contribution in [0.25, 0.3) is 0 Å². The first-order valence-electron chi connectivity index (χ1n) is 7.05. The maximum absolute atomic E-state index is 12.0. The number of carboxylic acid groups (broad SMARTS) is 1. The van der Waals surface area contributed by atoms with Crippen LogP contribution in [0.15, 0.2) is 42.7 Å². The Kier molecular flexibility index (Phi) is 6.54. The minimum atomic E-state index is -1.11. The zero-order valence-corrected chi connectivity index (χ0v) is 14.0. The summed E-state index contributed by atoms with van der Waals surface area (Å²) in [6, 6.07) is 7.19. The van der Waals surface area contributed by atoms with E-state index in [1.807, 2.05) is 6.07 Å². The second-order valence-corrected chi connectivity index (χ2v) is 5.83. The molecule has 0 saturated carbocycles. The highest BCUT2D eigenvalue weighted by Gasteiger charge is 2.21. The van der Waals surface area contributed by atoms with Crippen molar-refractivity contribution < 1.29 is 14.7 Å². The highest BCUT2D eigenvalue weighted by atomic mass is 35.5. The smallest absolute Gasteiger partial charge is 0.321 e. The van der Waals surface area contributed by atoms with Crippen LogP contribution >= 0.6 is 23.2 Å². The summed E-state index contributed by atoms with van der Waals surface area (Å²) in [5.41, 5.74) is 1.28. The van der Waals surface area contributed by atoms with Crippen molar-refractivity contribution >= 4 is 40.8 Å². The van der Waals surface area contributed by atoms with Crippen molar-refractivity contribution in [3.8, 4) is 0 Å². The Morgan fingerprint density at radius 1 is 1.21 bits per heavy atom. The number of aliphatic carboxylic acids is 1. The van der Waals surface area contributed by atoms with Crippen molar-refractivity contribution in [2.75, 3.05) is 5.32 Å². The van der Waals surface area contributed by atoms with Crippen molar-refractivity contribution in [2.24, 2.45) is 0 Å². The van der Waals surface area contributed by atoms with Gasteiger partial charge in [-0.1, -0.05) is 29.3 Å². The number of rotatable bonds is 7. The molecule has 2 aromatic rings. The van der Waals surface area contributed by atoms with E-state index in [9.17, 15) is 14.7 Å². The summed E-state index contributed by atoms with van der Waals surface area (Å²) in [4.78, 5) is 27.3. The Morgan fingerprint density at radius 2 is 2.00 bits per heavy atom. The number of benzene rings is 1. The number of hydrogen-bond acceptors (Lipinski definition) is 4. The molecule has 1 aromatic carbocycles. The van der Waals surface area contributed by atoms with Crippen LogP contribution in [-0.4, -0.2) is 28.0 Å². The maximum atomic E-state index is 12.0. The number of carbonyl (C=O) groups excluding carboxylic acids is 1. The minimum Gasteiger partial charge on any atom is -0.480 e. The molecule has 0 aliphatic heterocycles. The zero-order chi connectivity index (χ0) is 17.5. The fourth-order valence-electron chi connectivity index (χ4n) is 1.96. The molecule has 0 saturated heterocycles. The Balaban J connectivity index is 1.92. The van der Waals surface area contributed by atoms with E-state index < -0.39 is 17.9 Å². The molecule has 1 amide bonds. The molecule has 0 fully saturated rings. The number of aromatic nitrogens is 1. The molecule has 24 heavy (non-hydrogen) atoms. The monoisotopic (exact) mass is 367 g/mol. The lowest BCUT2D eigenvalue weighted by Gasteiger charge is -2.14. The summed E-state index contributed by atoms with van der Waals surface area (Å²) >= 11 is 11.7. The van der Waals surface area contributed by atoms with Crippen LogP contribution in [0, 0.1) is 0 Å². The Morgan fingerprint density at radius 3 is 2.62 bits per heavy atom. The number of halogens is 2. The number of nitrogens with zero attached hydrogens (tertiary/aromatic N) is 1. The van der Waals surface area contributed by atoms with Gasteiger partial charge in [0.25, 0.3) is 0 Å². The van der Waals surface area contributed by atoms with Gasteiger partial charge >= 0.3 is 5.97 Å². The predicted molar refractivity (Wildman–Crippen MR) is 92.2 cm³/mol. The van der Waals surface area contributed by atoms with E-state index in [1.54, 1.807) is 30.6 Å². The van der Waals surface area contributed by atoms with E-state index in [4.69, 9.17) is 23.2 Å². The van der Waals surface area contributed by atoms with Crippen LogP contribution in [0.5, 0.6) is 0 Å². The van der Waals surface area contributed by atoms with Gasteiger partial charge in [-0.25, -0.2) is 0 Å². The van der Waals surface area contributed by atoms with Crippen molar-refractivity contribution in [3.05, 3.63) is 58.3 Å². The number of nitrogens with one attached hydrogen (secondary N) is 2. The van der Waals surface area contributed by atoms with Gasteiger partial charge in [0, 0.05) is 24.6 Å². The van der Waals surface area contributed by atoms with Crippen LogP contribution in [-0.2, 0) is 16.1 Å². The van der Waals surface area contributed by atoms with Gasteiger partial charge < -0.3 is 10.4 Å². The molecule has 0 aliphatic carbocycles. The van der Waals surface area contributed by atoms with Crippen LogP contribution < -0.4 is 10.6 Å². The summed E-state index contributed by atoms with van der Waals surface area (Å²) in [5, 5.41) is 15.3. The van der Waals surface area contributed by atoms with E-state index >= 15 is 0 Å². The number of carbonyl (C=O) groups is 2. The van der Waals surface area contributed by atoms with Gasteiger partial charge in [0.2, 0.25) is 5.91 Å². The fraction of sp³-hybridized carbons (Fsp3) is 0.188. The molecule has 0 spiro atoms. The summed E-state index contributed by atoms with van der Waals surface area (Å²) < 4.78 is 0. The summed E-state index contributed by atoms with van der Waals surface area (Å²) in [6.45, 7) is 0.296. The number of amides is 1. The largest absolute Gasteiger partial charge is 0.480 e. The first-order chi connectivity index (χ1) is 11.5. The molecule has 3 N–H and O–H groups in total. The number of hydrogen-bond donors (Lipinski definition) is 3. The van der Waals surface area contributed by atoms with Gasteiger partial charge in [-0.05, 0) is 29.8 Å². The molecule has 6 nitrogen and oxygen atoms in total. The fourth-order valence-corrected chi connectivity index (χ4v) is 2.26. The first-order valence-corrected chi connectivity index (χ1v) is 7.81. The standard InChI is InChI=1S/C16H15Cl2N3O3/c17-12-4-3-11(6-13(12)18)21-15(22)7-14(16(23)24)20-9-10-2-1-5-19-8-10/h1-6,8,14,20H,7,9H2,(H,21,22)(H,23,24). The average Bonchev–Trinajstić information content (AvgIpc) is 2.55. The van der Waals surface area contributed by atoms with Gasteiger partial charge in [0.15, 0.2) is 0 Å². The Bertz CT molecular complexity index is 726. The Labute approximate surface area is 148 Å². The number of carboxylic acids is 1. The van der Waals surface area contributed by atoms with Gasteiger partial charge in [-0.3, -0.25) is 19.9 Å². The molecule has 1 heterocycles. The molecule has 1 aromatic heterocycles. The lowest BCUT2D eigenvalue weighted by Crippen LogP contribution is -2.39. The lowest BCUT2D eigenvalue weighted by atomic mass is 10.1. The van der Waals surface area contributed by atoms with E-state index in [0.717, 1.165) is 5.56 Å². The summed E-state index contributed by atoms with van der Waals surface area (Å²) in [7, 11) is 0. The quantitative estimate of drug-likeness (QED) is 0.699. The summed E-state index contributed by atoms with van der Waals surface area (Å²) in [6.07, 6.45) is 3.03. The van der Waals surface area contributed by atoms with Crippen LogP contribution in [0.2, 0.25) is 10.0 Å².